The Balaban J connectivity index is 1.67. The molecule has 4 heterocycles. The van der Waals surface area contributed by atoms with E-state index in [1.54, 1.807) is 24.5 Å². The summed E-state index contributed by atoms with van der Waals surface area (Å²) < 4.78 is 21.7. The molecule has 1 aliphatic carbocycles. The van der Waals surface area contributed by atoms with Crippen molar-refractivity contribution in [1.82, 2.24) is 9.55 Å². The van der Waals surface area contributed by atoms with Crippen molar-refractivity contribution in [3.63, 3.8) is 0 Å². The summed E-state index contributed by atoms with van der Waals surface area (Å²) in [6, 6.07) is 2.78. The van der Waals surface area contributed by atoms with Gasteiger partial charge < -0.3 is 25.3 Å². The van der Waals surface area contributed by atoms with Crippen LogP contribution in [0.4, 0.5) is 4.39 Å². The first kappa shape index (κ1) is 23.3. The predicted molar refractivity (Wildman–Crippen MR) is 130 cm³/mol. The van der Waals surface area contributed by atoms with Crippen molar-refractivity contribution in [3.8, 4) is 11.4 Å². The van der Waals surface area contributed by atoms with Gasteiger partial charge in [0.1, 0.15) is 12.4 Å². The summed E-state index contributed by atoms with van der Waals surface area (Å²) in [6.45, 7) is 3.44. The molecule has 3 atom stereocenters. The maximum Gasteiger partial charge on any atom is 0.343 e. The smallest absolute Gasteiger partial charge is 0.343 e. The van der Waals surface area contributed by atoms with E-state index >= 15 is 0 Å². The minimum atomic E-state index is -1.92. The first-order valence-electron chi connectivity index (χ1n) is 12.4. The highest BCUT2D eigenvalue weighted by Crippen LogP contribution is 2.47. The Hall–Kier alpha value is -3.14. The lowest BCUT2D eigenvalue weighted by Crippen LogP contribution is -2.44. The van der Waals surface area contributed by atoms with E-state index in [2.05, 4.69) is 0 Å². The summed E-state index contributed by atoms with van der Waals surface area (Å²) in [7, 11) is 0. The van der Waals surface area contributed by atoms with E-state index < -0.39 is 11.6 Å². The lowest BCUT2D eigenvalue weighted by molar-refractivity contribution is -0.172. The summed E-state index contributed by atoms with van der Waals surface area (Å²) in [5.41, 5.74) is 9.59. The molecule has 2 aromatic heterocycles. The first-order valence-corrected chi connectivity index (χ1v) is 12.4. The molecular formula is C27H28FN3O5. The predicted octanol–water partition coefficient (Wildman–Crippen LogP) is 2.27. The standard InChI is InChI=1S/C27H28FN3O5/c1-3-27(35)17-8-21-24-15(10-31(21)25(33)16(17)11-36-26(27)34)22-14(19(29)6-7-32)5-4-13-12(2)18(28)9-20(30-24)23(13)22/h8-9,14,19,32,35H,3-7,10-11,29H2,1-2H3/t14-,19+,27-/m0/s1. The number of nitrogens with two attached hydrogens (primary N) is 1. The average Bonchev–Trinajstić information content (AvgIpc) is 3.24. The van der Waals surface area contributed by atoms with Crippen molar-refractivity contribution in [2.75, 3.05) is 6.61 Å². The topological polar surface area (TPSA) is 128 Å². The zero-order valence-corrected chi connectivity index (χ0v) is 20.2. The van der Waals surface area contributed by atoms with Gasteiger partial charge in [-0.2, -0.15) is 0 Å². The molecule has 8 nitrogen and oxygen atoms in total. The van der Waals surface area contributed by atoms with Gasteiger partial charge >= 0.3 is 5.97 Å². The average molecular weight is 494 g/mol. The van der Waals surface area contributed by atoms with Crippen LogP contribution in [0.25, 0.3) is 22.3 Å². The minimum absolute atomic E-state index is 0.0422. The molecule has 0 unspecified atom stereocenters. The maximum atomic E-state index is 14.9. The number of benzene rings is 1. The molecule has 6 rings (SSSR count). The highest BCUT2D eigenvalue weighted by atomic mass is 19.1. The SMILES string of the molecule is CC[C@@]1(O)C(=O)OCc2c1cc1n(c2=O)Cc2c-1nc1cc(F)c(C)c3c1c2[C@H]([C@H](N)CCO)CC3. The number of aliphatic hydroxyl groups excluding tert-OH is 1. The van der Waals surface area contributed by atoms with Crippen LogP contribution in [-0.2, 0) is 34.7 Å². The van der Waals surface area contributed by atoms with E-state index in [0.29, 0.717) is 41.7 Å². The number of hydrogen-bond donors (Lipinski definition) is 3. The van der Waals surface area contributed by atoms with Crippen molar-refractivity contribution >= 4 is 16.9 Å². The Morgan fingerprint density at radius 1 is 1.31 bits per heavy atom. The number of aryl methyl sites for hydroxylation is 1. The third-order valence-electron chi connectivity index (χ3n) is 8.40. The number of aromatic nitrogens is 2. The molecule has 2 aliphatic heterocycles. The Bertz CT molecular complexity index is 1530. The number of hydrogen-bond acceptors (Lipinski definition) is 7. The van der Waals surface area contributed by atoms with Crippen LogP contribution in [0.3, 0.4) is 0 Å². The zero-order chi connectivity index (χ0) is 25.5. The number of rotatable bonds is 4. The molecule has 0 spiro atoms. The van der Waals surface area contributed by atoms with Gasteiger partial charge in [-0.3, -0.25) is 4.79 Å². The molecular weight excluding hydrogens is 465 g/mol. The summed E-state index contributed by atoms with van der Waals surface area (Å²) in [6.07, 6.45) is 1.82. The van der Waals surface area contributed by atoms with Gasteiger partial charge in [0.25, 0.3) is 5.56 Å². The summed E-state index contributed by atoms with van der Waals surface area (Å²) in [4.78, 5) is 30.9. The molecule has 0 bridgehead atoms. The van der Waals surface area contributed by atoms with Crippen molar-refractivity contribution in [2.45, 2.75) is 70.2 Å². The largest absolute Gasteiger partial charge is 0.458 e. The fourth-order valence-corrected chi connectivity index (χ4v) is 6.37. The van der Waals surface area contributed by atoms with Crippen LogP contribution in [0.5, 0.6) is 0 Å². The number of cyclic esters (lactones) is 1. The Kier molecular flexibility index (Phi) is 5.13. The highest BCUT2D eigenvalue weighted by molar-refractivity contribution is 5.93. The van der Waals surface area contributed by atoms with Crippen LogP contribution in [0.15, 0.2) is 16.9 Å². The normalized spacial score (nSPS) is 22.7. The van der Waals surface area contributed by atoms with Crippen LogP contribution in [-0.4, -0.2) is 38.4 Å². The second-order valence-electron chi connectivity index (χ2n) is 10.1. The summed E-state index contributed by atoms with van der Waals surface area (Å²) in [5.74, 6) is -1.21. The van der Waals surface area contributed by atoms with Crippen molar-refractivity contribution in [3.05, 3.63) is 61.7 Å². The van der Waals surface area contributed by atoms with E-state index in [1.807, 2.05) is 0 Å². The molecule has 3 aromatic rings. The number of halogens is 1. The molecule has 4 N–H and O–H groups in total. The number of nitrogens with zero attached hydrogens (tertiary/aromatic N) is 2. The zero-order valence-electron chi connectivity index (χ0n) is 20.2. The van der Waals surface area contributed by atoms with E-state index in [0.717, 1.165) is 22.1 Å². The number of pyridine rings is 2. The van der Waals surface area contributed by atoms with Crippen molar-refractivity contribution < 1.29 is 24.1 Å². The van der Waals surface area contributed by atoms with Gasteiger partial charge in [0.2, 0.25) is 0 Å². The van der Waals surface area contributed by atoms with Gasteiger partial charge in [0.05, 0.1) is 29.0 Å². The molecule has 9 heteroatoms. The second kappa shape index (κ2) is 7.93. The molecule has 0 radical (unpaired) electrons. The number of aliphatic hydroxyl groups is 2. The Labute approximate surface area is 206 Å². The molecule has 1 aromatic carbocycles. The van der Waals surface area contributed by atoms with E-state index in [-0.39, 0.29) is 60.6 Å². The lowest BCUT2D eigenvalue weighted by Gasteiger charge is -2.32. The second-order valence-corrected chi connectivity index (χ2v) is 10.1. The molecule has 0 saturated heterocycles. The van der Waals surface area contributed by atoms with Gasteiger partial charge in [-0.1, -0.05) is 6.92 Å². The number of fused-ring (bicyclic) bond motifs is 5. The quantitative estimate of drug-likeness (QED) is 0.372. The first-order chi connectivity index (χ1) is 17.2. The van der Waals surface area contributed by atoms with Gasteiger partial charge in [-0.15, -0.1) is 0 Å². The molecule has 36 heavy (non-hydrogen) atoms. The minimum Gasteiger partial charge on any atom is -0.458 e. The van der Waals surface area contributed by atoms with Gasteiger partial charge in [0, 0.05) is 41.1 Å². The highest BCUT2D eigenvalue weighted by Gasteiger charge is 2.46. The molecule has 188 valence electrons. The van der Waals surface area contributed by atoms with Crippen LogP contribution in [0.2, 0.25) is 0 Å². The number of carbonyl (C=O) groups excluding carboxylic acids is 1. The van der Waals surface area contributed by atoms with Crippen LogP contribution in [0, 0.1) is 12.7 Å². The lowest BCUT2D eigenvalue weighted by atomic mass is 9.74. The van der Waals surface area contributed by atoms with Crippen LogP contribution >= 0.6 is 0 Å². The van der Waals surface area contributed by atoms with E-state index in [9.17, 15) is 24.2 Å². The number of carbonyl (C=O) groups is 1. The van der Waals surface area contributed by atoms with Crippen LogP contribution in [0.1, 0.15) is 65.5 Å². The summed E-state index contributed by atoms with van der Waals surface area (Å²) in [5, 5.41) is 21.6. The van der Waals surface area contributed by atoms with Gasteiger partial charge in [0.15, 0.2) is 5.60 Å². The molecule has 0 saturated carbocycles. The Morgan fingerprint density at radius 3 is 2.81 bits per heavy atom. The van der Waals surface area contributed by atoms with Gasteiger partial charge in [-0.25, -0.2) is 14.2 Å². The Morgan fingerprint density at radius 2 is 2.08 bits per heavy atom. The third-order valence-corrected chi connectivity index (χ3v) is 8.40. The maximum absolute atomic E-state index is 14.9. The third kappa shape index (κ3) is 2.93. The van der Waals surface area contributed by atoms with Crippen molar-refractivity contribution in [2.24, 2.45) is 5.73 Å². The monoisotopic (exact) mass is 493 g/mol. The molecule has 3 aliphatic rings. The van der Waals surface area contributed by atoms with Gasteiger partial charge in [-0.05, 0) is 55.4 Å². The molecule has 0 amide bonds. The van der Waals surface area contributed by atoms with E-state index in [4.69, 9.17) is 15.5 Å². The number of esters is 1. The summed E-state index contributed by atoms with van der Waals surface area (Å²) >= 11 is 0. The number of ether oxygens (including phenoxy) is 1. The fraction of sp³-hybridized carbons (Fsp3) is 0.444. The molecule has 0 fully saturated rings. The van der Waals surface area contributed by atoms with E-state index in [1.165, 1.54) is 6.07 Å². The van der Waals surface area contributed by atoms with Crippen molar-refractivity contribution in [1.29, 1.82) is 0 Å². The fourth-order valence-electron chi connectivity index (χ4n) is 6.37. The van der Waals surface area contributed by atoms with Crippen LogP contribution < -0.4 is 11.3 Å².